The number of nitrogens with one attached hydrogen (secondary N) is 1. The Bertz CT molecular complexity index is 494. The molecular formula is C17H26N2O2. The normalized spacial score (nSPS) is 22.3. The van der Waals surface area contributed by atoms with Gasteiger partial charge in [0.2, 0.25) is 0 Å². The van der Waals surface area contributed by atoms with E-state index >= 15 is 0 Å². The predicted octanol–water partition coefficient (Wildman–Crippen LogP) is 2.83. The molecular weight excluding hydrogens is 264 g/mol. The van der Waals surface area contributed by atoms with Crippen molar-refractivity contribution >= 4 is 5.91 Å². The predicted molar refractivity (Wildman–Crippen MR) is 83.3 cm³/mol. The minimum atomic E-state index is -0.00573. The standard InChI is InChI=1S/C17H26N2O2/c1-5-12-10-18-8-6-14(12)16(20)19-11-13-7-9-21-15(13)17(2,3)4/h6,8,10,13,15H,5,7,9,11H2,1-4H3,(H,19,20)/t13-,15+/m1/s1. The molecule has 4 nitrogen and oxygen atoms in total. The summed E-state index contributed by atoms with van der Waals surface area (Å²) < 4.78 is 5.85. The van der Waals surface area contributed by atoms with Gasteiger partial charge in [0.25, 0.3) is 5.91 Å². The van der Waals surface area contributed by atoms with Crippen molar-refractivity contribution in [1.82, 2.24) is 10.3 Å². The Morgan fingerprint density at radius 1 is 1.48 bits per heavy atom. The van der Waals surface area contributed by atoms with E-state index in [1.807, 2.05) is 6.92 Å². The lowest BCUT2D eigenvalue weighted by Gasteiger charge is -2.31. The van der Waals surface area contributed by atoms with E-state index in [2.05, 4.69) is 31.1 Å². The van der Waals surface area contributed by atoms with Gasteiger partial charge in [-0.1, -0.05) is 27.7 Å². The minimum absolute atomic E-state index is 0.00573. The summed E-state index contributed by atoms with van der Waals surface area (Å²) >= 11 is 0. The maximum absolute atomic E-state index is 12.4. The van der Waals surface area contributed by atoms with Crippen LogP contribution in [0.3, 0.4) is 0 Å². The number of amides is 1. The third-order valence-corrected chi connectivity index (χ3v) is 4.12. The fourth-order valence-electron chi connectivity index (χ4n) is 3.05. The number of aromatic nitrogens is 1. The van der Waals surface area contributed by atoms with Gasteiger partial charge < -0.3 is 10.1 Å². The molecule has 1 aromatic heterocycles. The van der Waals surface area contributed by atoms with Gasteiger partial charge in [-0.15, -0.1) is 0 Å². The van der Waals surface area contributed by atoms with Crippen molar-refractivity contribution in [3.05, 3.63) is 29.6 Å². The Morgan fingerprint density at radius 2 is 2.24 bits per heavy atom. The average molecular weight is 290 g/mol. The van der Waals surface area contributed by atoms with Crippen LogP contribution >= 0.6 is 0 Å². The van der Waals surface area contributed by atoms with E-state index < -0.39 is 0 Å². The fourth-order valence-corrected chi connectivity index (χ4v) is 3.05. The lowest BCUT2D eigenvalue weighted by Crippen LogP contribution is -2.38. The number of pyridine rings is 1. The molecule has 1 aliphatic heterocycles. The van der Waals surface area contributed by atoms with Crippen LogP contribution in [0.2, 0.25) is 0 Å². The molecule has 1 saturated heterocycles. The summed E-state index contributed by atoms with van der Waals surface area (Å²) in [6.07, 6.45) is 5.48. The summed E-state index contributed by atoms with van der Waals surface area (Å²) in [6.45, 7) is 10.1. The summed E-state index contributed by atoms with van der Waals surface area (Å²) in [6, 6.07) is 1.79. The molecule has 0 unspecified atom stereocenters. The molecule has 0 aromatic carbocycles. The van der Waals surface area contributed by atoms with Crippen LogP contribution in [0, 0.1) is 11.3 Å². The number of rotatable bonds is 4. The number of aryl methyl sites for hydroxylation is 1. The van der Waals surface area contributed by atoms with Crippen molar-refractivity contribution in [1.29, 1.82) is 0 Å². The quantitative estimate of drug-likeness (QED) is 0.927. The van der Waals surface area contributed by atoms with Gasteiger partial charge in [-0.25, -0.2) is 0 Å². The highest BCUT2D eigenvalue weighted by molar-refractivity contribution is 5.95. The first-order valence-corrected chi connectivity index (χ1v) is 7.76. The topological polar surface area (TPSA) is 51.2 Å². The number of carbonyl (C=O) groups is 1. The van der Waals surface area contributed by atoms with Crippen molar-refractivity contribution < 1.29 is 9.53 Å². The summed E-state index contributed by atoms with van der Waals surface area (Å²) in [5, 5.41) is 3.07. The zero-order chi connectivity index (χ0) is 15.5. The van der Waals surface area contributed by atoms with Gasteiger partial charge >= 0.3 is 0 Å². The highest BCUT2D eigenvalue weighted by atomic mass is 16.5. The largest absolute Gasteiger partial charge is 0.377 e. The van der Waals surface area contributed by atoms with Crippen LogP contribution in [0.4, 0.5) is 0 Å². The second kappa shape index (κ2) is 6.56. The molecule has 0 radical (unpaired) electrons. The summed E-state index contributed by atoms with van der Waals surface area (Å²) in [4.78, 5) is 16.4. The second-order valence-corrected chi connectivity index (χ2v) is 6.80. The summed E-state index contributed by atoms with van der Waals surface area (Å²) in [7, 11) is 0. The van der Waals surface area contributed by atoms with Crippen LogP contribution < -0.4 is 5.32 Å². The van der Waals surface area contributed by atoms with Crippen molar-refractivity contribution in [3.63, 3.8) is 0 Å². The number of ether oxygens (including phenoxy) is 1. The monoisotopic (exact) mass is 290 g/mol. The molecule has 21 heavy (non-hydrogen) atoms. The van der Waals surface area contributed by atoms with E-state index in [-0.39, 0.29) is 17.4 Å². The summed E-state index contributed by atoms with van der Waals surface area (Å²) in [5.74, 6) is 0.384. The van der Waals surface area contributed by atoms with E-state index in [1.54, 1.807) is 18.5 Å². The van der Waals surface area contributed by atoms with Gasteiger partial charge in [-0.3, -0.25) is 9.78 Å². The maximum atomic E-state index is 12.4. The molecule has 116 valence electrons. The van der Waals surface area contributed by atoms with Gasteiger partial charge in [0.1, 0.15) is 0 Å². The fraction of sp³-hybridized carbons (Fsp3) is 0.647. The Hall–Kier alpha value is -1.42. The van der Waals surface area contributed by atoms with Crippen molar-refractivity contribution in [3.8, 4) is 0 Å². The van der Waals surface area contributed by atoms with Crippen LogP contribution in [0.5, 0.6) is 0 Å². The van der Waals surface area contributed by atoms with E-state index in [1.165, 1.54) is 0 Å². The van der Waals surface area contributed by atoms with Gasteiger partial charge in [0.05, 0.1) is 6.10 Å². The Balaban J connectivity index is 1.98. The molecule has 1 fully saturated rings. The van der Waals surface area contributed by atoms with E-state index in [9.17, 15) is 4.79 Å². The van der Waals surface area contributed by atoms with Crippen LogP contribution in [0.1, 0.15) is 50.0 Å². The Kier molecular flexibility index (Phi) is 4.99. The van der Waals surface area contributed by atoms with E-state index in [0.717, 1.165) is 30.6 Å². The third-order valence-electron chi connectivity index (χ3n) is 4.12. The van der Waals surface area contributed by atoms with Crippen molar-refractivity contribution in [2.24, 2.45) is 11.3 Å². The van der Waals surface area contributed by atoms with E-state index in [0.29, 0.717) is 12.5 Å². The SMILES string of the molecule is CCc1cnccc1C(=O)NC[C@H]1CCO[C@@H]1C(C)(C)C. The van der Waals surface area contributed by atoms with Crippen LogP contribution in [-0.4, -0.2) is 30.1 Å². The Labute approximate surface area is 127 Å². The number of carbonyl (C=O) groups excluding carboxylic acids is 1. The first-order chi connectivity index (χ1) is 9.93. The smallest absolute Gasteiger partial charge is 0.251 e. The number of hydrogen-bond acceptors (Lipinski definition) is 3. The van der Waals surface area contributed by atoms with Gasteiger partial charge in [-0.2, -0.15) is 0 Å². The maximum Gasteiger partial charge on any atom is 0.251 e. The number of nitrogens with zero attached hydrogens (tertiary/aromatic N) is 1. The average Bonchev–Trinajstić information content (AvgIpc) is 2.93. The minimum Gasteiger partial charge on any atom is -0.377 e. The zero-order valence-corrected chi connectivity index (χ0v) is 13.5. The highest BCUT2D eigenvalue weighted by Crippen LogP contribution is 2.34. The van der Waals surface area contributed by atoms with Crippen molar-refractivity contribution in [2.75, 3.05) is 13.2 Å². The van der Waals surface area contributed by atoms with Crippen molar-refractivity contribution in [2.45, 2.75) is 46.6 Å². The van der Waals surface area contributed by atoms with Crippen LogP contribution in [0.25, 0.3) is 0 Å². The molecule has 1 amide bonds. The number of hydrogen-bond donors (Lipinski definition) is 1. The highest BCUT2D eigenvalue weighted by Gasteiger charge is 2.37. The molecule has 1 aromatic rings. The molecule has 0 bridgehead atoms. The van der Waals surface area contributed by atoms with Gasteiger partial charge in [-0.05, 0) is 29.9 Å². The third kappa shape index (κ3) is 3.82. The van der Waals surface area contributed by atoms with Gasteiger partial charge in [0, 0.05) is 37.0 Å². The zero-order valence-electron chi connectivity index (χ0n) is 13.5. The molecule has 0 aliphatic carbocycles. The Morgan fingerprint density at radius 3 is 2.90 bits per heavy atom. The molecule has 0 spiro atoms. The molecule has 4 heteroatoms. The molecule has 1 N–H and O–H groups in total. The van der Waals surface area contributed by atoms with Crippen LogP contribution in [0.15, 0.2) is 18.5 Å². The summed E-state index contributed by atoms with van der Waals surface area (Å²) in [5.41, 5.74) is 1.83. The van der Waals surface area contributed by atoms with E-state index in [4.69, 9.17) is 4.74 Å². The lowest BCUT2D eigenvalue weighted by atomic mass is 9.81. The lowest BCUT2D eigenvalue weighted by molar-refractivity contribution is 0.00737. The molecule has 2 atom stereocenters. The molecule has 2 rings (SSSR count). The first-order valence-electron chi connectivity index (χ1n) is 7.76. The van der Waals surface area contributed by atoms with Crippen LogP contribution in [-0.2, 0) is 11.2 Å². The van der Waals surface area contributed by atoms with Gasteiger partial charge in [0.15, 0.2) is 0 Å². The second-order valence-electron chi connectivity index (χ2n) is 6.80. The molecule has 1 aliphatic rings. The first kappa shape index (κ1) is 16.0. The molecule has 0 saturated carbocycles. The molecule has 2 heterocycles.